The molecular formula is C20H20O. The third kappa shape index (κ3) is 1.39. The molecule has 0 unspecified atom stereocenters. The Hall–Kier alpha value is -1.89. The van der Waals surface area contributed by atoms with Gasteiger partial charge in [-0.1, -0.05) is 68.8 Å². The second kappa shape index (κ2) is 4.30. The number of fused-ring (bicyclic) bond motifs is 5. The Kier molecular flexibility index (Phi) is 2.63. The van der Waals surface area contributed by atoms with Gasteiger partial charge in [-0.25, -0.2) is 0 Å². The Morgan fingerprint density at radius 1 is 0.952 bits per heavy atom. The van der Waals surface area contributed by atoms with Crippen molar-refractivity contribution in [2.45, 2.75) is 32.1 Å². The topological polar surface area (TPSA) is 17.1 Å². The highest BCUT2D eigenvalue weighted by Crippen LogP contribution is 2.71. The van der Waals surface area contributed by atoms with Crippen molar-refractivity contribution in [3.63, 3.8) is 0 Å². The van der Waals surface area contributed by atoms with Crippen LogP contribution in [0, 0.1) is 11.8 Å². The summed E-state index contributed by atoms with van der Waals surface area (Å²) in [7, 11) is 0. The SMILES string of the molecule is CCC(=O)[C@@H]1[C@H](CC)C12c1ccccc1-c1ccccc12. The van der Waals surface area contributed by atoms with Crippen LogP contribution in [-0.2, 0) is 10.2 Å². The number of ketones is 1. The molecule has 2 aromatic carbocycles. The number of carbonyl (C=O) groups excluding carboxylic acids is 1. The average molecular weight is 276 g/mol. The first kappa shape index (κ1) is 12.8. The predicted molar refractivity (Wildman–Crippen MR) is 85.2 cm³/mol. The lowest BCUT2D eigenvalue weighted by molar-refractivity contribution is -0.120. The van der Waals surface area contributed by atoms with E-state index in [1.54, 1.807) is 0 Å². The molecule has 2 aliphatic rings. The molecule has 0 bridgehead atoms. The fraction of sp³-hybridized carbons (Fsp3) is 0.350. The van der Waals surface area contributed by atoms with E-state index in [-0.39, 0.29) is 11.3 Å². The number of hydrogen-bond donors (Lipinski definition) is 0. The average Bonchev–Trinajstić information content (AvgIpc) is 3.14. The number of rotatable bonds is 3. The Balaban J connectivity index is 2.00. The van der Waals surface area contributed by atoms with Crippen LogP contribution in [0.5, 0.6) is 0 Å². The summed E-state index contributed by atoms with van der Waals surface area (Å²) in [6.45, 7) is 4.22. The van der Waals surface area contributed by atoms with Crippen molar-refractivity contribution in [3.05, 3.63) is 59.7 Å². The normalized spacial score (nSPS) is 23.7. The predicted octanol–water partition coefficient (Wildman–Crippen LogP) is 4.59. The summed E-state index contributed by atoms with van der Waals surface area (Å²) in [6.07, 6.45) is 1.71. The van der Waals surface area contributed by atoms with Crippen LogP contribution in [0.4, 0.5) is 0 Å². The lowest BCUT2D eigenvalue weighted by Gasteiger charge is -2.14. The lowest BCUT2D eigenvalue weighted by Crippen LogP contribution is -2.14. The van der Waals surface area contributed by atoms with Gasteiger partial charge in [-0.05, 0) is 28.2 Å². The van der Waals surface area contributed by atoms with Gasteiger partial charge in [-0.2, -0.15) is 0 Å². The van der Waals surface area contributed by atoms with E-state index in [1.807, 2.05) is 6.92 Å². The Labute approximate surface area is 126 Å². The maximum atomic E-state index is 12.5. The number of benzene rings is 2. The van der Waals surface area contributed by atoms with E-state index in [9.17, 15) is 4.79 Å². The van der Waals surface area contributed by atoms with Crippen LogP contribution in [0.1, 0.15) is 37.8 Å². The summed E-state index contributed by atoms with van der Waals surface area (Å²) in [5.74, 6) is 1.07. The molecule has 2 aromatic rings. The van der Waals surface area contributed by atoms with Crippen LogP contribution >= 0.6 is 0 Å². The van der Waals surface area contributed by atoms with E-state index in [0.717, 1.165) is 6.42 Å². The Morgan fingerprint density at radius 2 is 1.48 bits per heavy atom. The van der Waals surface area contributed by atoms with Crippen molar-refractivity contribution in [2.24, 2.45) is 11.8 Å². The molecular weight excluding hydrogens is 256 g/mol. The third-order valence-electron chi connectivity index (χ3n) is 5.54. The van der Waals surface area contributed by atoms with Crippen molar-refractivity contribution in [1.82, 2.24) is 0 Å². The van der Waals surface area contributed by atoms with Gasteiger partial charge in [-0.15, -0.1) is 0 Å². The van der Waals surface area contributed by atoms with Crippen LogP contribution in [0.15, 0.2) is 48.5 Å². The Morgan fingerprint density at radius 3 is 1.95 bits per heavy atom. The zero-order valence-electron chi connectivity index (χ0n) is 12.6. The van der Waals surface area contributed by atoms with Gasteiger partial charge in [0.15, 0.2) is 0 Å². The van der Waals surface area contributed by atoms with Gasteiger partial charge in [0, 0.05) is 17.8 Å². The first-order valence-corrected chi connectivity index (χ1v) is 7.98. The van der Waals surface area contributed by atoms with Gasteiger partial charge < -0.3 is 0 Å². The zero-order valence-corrected chi connectivity index (χ0v) is 12.6. The number of carbonyl (C=O) groups is 1. The van der Waals surface area contributed by atoms with Gasteiger partial charge in [0.2, 0.25) is 0 Å². The molecule has 0 amide bonds. The number of Topliss-reactive ketones (excluding diaryl/α,β-unsaturated/α-hetero) is 1. The molecule has 0 radical (unpaired) electrons. The molecule has 1 saturated carbocycles. The van der Waals surface area contributed by atoms with E-state index >= 15 is 0 Å². The fourth-order valence-corrected chi connectivity index (χ4v) is 4.75. The Bertz CT molecular complexity index is 683. The summed E-state index contributed by atoms with van der Waals surface area (Å²) in [5.41, 5.74) is 5.39. The van der Waals surface area contributed by atoms with Crippen molar-refractivity contribution in [3.8, 4) is 11.1 Å². The van der Waals surface area contributed by atoms with Crippen LogP contribution < -0.4 is 0 Å². The summed E-state index contributed by atoms with van der Waals surface area (Å²) in [6, 6.07) is 17.3. The lowest BCUT2D eigenvalue weighted by atomic mass is 9.88. The molecule has 2 atom stereocenters. The molecule has 0 heterocycles. The molecule has 2 aliphatic carbocycles. The second-order valence-electron chi connectivity index (χ2n) is 6.27. The molecule has 0 saturated heterocycles. The van der Waals surface area contributed by atoms with E-state index < -0.39 is 0 Å². The van der Waals surface area contributed by atoms with Crippen LogP contribution in [-0.4, -0.2) is 5.78 Å². The highest BCUT2D eigenvalue weighted by molar-refractivity contribution is 5.94. The molecule has 1 heteroatoms. The van der Waals surface area contributed by atoms with E-state index in [1.165, 1.54) is 22.3 Å². The first-order valence-electron chi connectivity index (χ1n) is 7.98. The molecule has 0 N–H and O–H groups in total. The smallest absolute Gasteiger partial charge is 0.137 e. The van der Waals surface area contributed by atoms with Crippen molar-refractivity contribution in [2.75, 3.05) is 0 Å². The van der Waals surface area contributed by atoms with E-state index in [0.29, 0.717) is 18.1 Å². The summed E-state index contributed by atoms with van der Waals surface area (Å²) < 4.78 is 0. The molecule has 106 valence electrons. The molecule has 4 rings (SSSR count). The van der Waals surface area contributed by atoms with E-state index in [4.69, 9.17) is 0 Å². The molecule has 21 heavy (non-hydrogen) atoms. The van der Waals surface area contributed by atoms with Gasteiger partial charge in [0.1, 0.15) is 5.78 Å². The maximum absolute atomic E-state index is 12.5. The van der Waals surface area contributed by atoms with Crippen LogP contribution in [0.25, 0.3) is 11.1 Å². The first-order chi connectivity index (χ1) is 10.3. The van der Waals surface area contributed by atoms with Crippen molar-refractivity contribution < 1.29 is 4.79 Å². The van der Waals surface area contributed by atoms with Crippen molar-refractivity contribution in [1.29, 1.82) is 0 Å². The standard InChI is InChI=1S/C20H20O/c1-3-15-19(18(21)4-2)20(15)16-11-7-5-9-13(16)14-10-6-8-12-17(14)20/h5-12,15,19H,3-4H2,1-2H3/t15-,19-/m0/s1. The molecule has 0 aromatic heterocycles. The monoisotopic (exact) mass is 276 g/mol. The fourth-order valence-electron chi connectivity index (χ4n) is 4.75. The summed E-state index contributed by atoms with van der Waals surface area (Å²) in [4.78, 5) is 12.5. The molecule has 1 fully saturated rings. The highest BCUT2D eigenvalue weighted by Gasteiger charge is 2.70. The van der Waals surface area contributed by atoms with Crippen LogP contribution in [0.3, 0.4) is 0 Å². The van der Waals surface area contributed by atoms with Crippen LogP contribution in [0.2, 0.25) is 0 Å². The van der Waals surface area contributed by atoms with Gasteiger partial charge >= 0.3 is 0 Å². The molecule has 1 spiro atoms. The largest absolute Gasteiger partial charge is 0.299 e. The van der Waals surface area contributed by atoms with Gasteiger partial charge in [0.05, 0.1) is 0 Å². The second-order valence-corrected chi connectivity index (χ2v) is 6.27. The quantitative estimate of drug-likeness (QED) is 0.801. The minimum Gasteiger partial charge on any atom is -0.299 e. The third-order valence-corrected chi connectivity index (χ3v) is 5.54. The van der Waals surface area contributed by atoms with Crippen molar-refractivity contribution >= 4 is 5.78 Å². The minimum absolute atomic E-state index is 0.0327. The van der Waals surface area contributed by atoms with Gasteiger partial charge in [0.25, 0.3) is 0 Å². The molecule has 0 aliphatic heterocycles. The zero-order chi connectivity index (χ0) is 14.6. The molecule has 1 nitrogen and oxygen atoms in total. The summed E-state index contributed by atoms with van der Waals surface area (Å²) in [5, 5.41) is 0. The van der Waals surface area contributed by atoms with Gasteiger partial charge in [-0.3, -0.25) is 4.79 Å². The summed E-state index contributed by atoms with van der Waals surface area (Å²) >= 11 is 0. The van der Waals surface area contributed by atoms with E-state index in [2.05, 4.69) is 55.5 Å². The minimum atomic E-state index is -0.0327. The number of hydrogen-bond acceptors (Lipinski definition) is 1. The maximum Gasteiger partial charge on any atom is 0.137 e. The highest BCUT2D eigenvalue weighted by atomic mass is 16.1.